The summed E-state index contributed by atoms with van der Waals surface area (Å²) in [5.41, 5.74) is 0.785. The van der Waals surface area contributed by atoms with Crippen molar-refractivity contribution in [2.75, 3.05) is 37.9 Å². The third kappa shape index (κ3) is 7.65. The molecule has 0 aromatic heterocycles. The van der Waals surface area contributed by atoms with Crippen LogP contribution in [-0.2, 0) is 26.2 Å². The van der Waals surface area contributed by atoms with Gasteiger partial charge in [0.1, 0.15) is 24.1 Å². The monoisotopic (exact) mass is 559 g/mol. The van der Waals surface area contributed by atoms with E-state index in [0.29, 0.717) is 27.9 Å². The van der Waals surface area contributed by atoms with Gasteiger partial charge in [0.2, 0.25) is 21.8 Å². The molecule has 1 unspecified atom stereocenters. The molecule has 12 heteroatoms. The fourth-order valence-electron chi connectivity index (χ4n) is 3.40. The number of methoxy groups -OCH3 is 2. The second kappa shape index (κ2) is 13.0. The number of halogens is 2. The molecule has 0 aliphatic carbocycles. The smallest absolute Gasteiger partial charge is 0.244 e. The van der Waals surface area contributed by atoms with Crippen LogP contribution in [0.5, 0.6) is 11.5 Å². The van der Waals surface area contributed by atoms with Crippen LogP contribution in [0.15, 0.2) is 36.4 Å². The van der Waals surface area contributed by atoms with E-state index in [1.807, 2.05) is 6.92 Å². The van der Waals surface area contributed by atoms with Gasteiger partial charge in [-0.1, -0.05) is 36.2 Å². The van der Waals surface area contributed by atoms with Gasteiger partial charge in [-0.3, -0.25) is 13.9 Å². The molecule has 2 aromatic rings. The van der Waals surface area contributed by atoms with Gasteiger partial charge in [-0.15, -0.1) is 0 Å². The summed E-state index contributed by atoms with van der Waals surface area (Å²) in [5, 5.41) is 3.42. The number of carbonyl (C=O) groups excluding carboxylic acids is 2. The second-order valence-corrected chi connectivity index (χ2v) is 10.8. The van der Waals surface area contributed by atoms with E-state index in [9.17, 15) is 18.0 Å². The number of sulfonamides is 1. The number of ether oxygens (including phenoxy) is 2. The zero-order valence-electron chi connectivity index (χ0n) is 20.9. The molecule has 2 amide bonds. The molecule has 0 aliphatic heterocycles. The Hall–Kier alpha value is -2.69. The SMILES string of the molecule is CCCNC(=O)C(C)N(Cc1ccc(Cl)c(Cl)c1)C(=O)CN(c1ccc(OC)cc1OC)S(C)(=O)=O. The quantitative estimate of drug-likeness (QED) is 0.425. The molecule has 0 aliphatic rings. The van der Waals surface area contributed by atoms with Crippen molar-refractivity contribution < 1.29 is 27.5 Å². The zero-order valence-corrected chi connectivity index (χ0v) is 23.2. The molecule has 0 spiro atoms. The number of rotatable bonds is 12. The molecule has 2 aromatic carbocycles. The fraction of sp³-hybridized carbons (Fsp3) is 0.417. The summed E-state index contributed by atoms with van der Waals surface area (Å²) in [5.74, 6) is -0.295. The van der Waals surface area contributed by atoms with Crippen molar-refractivity contribution >= 4 is 50.7 Å². The molecule has 2 rings (SSSR count). The van der Waals surface area contributed by atoms with Crippen LogP contribution in [0.3, 0.4) is 0 Å². The van der Waals surface area contributed by atoms with Crippen LogP contribution in [0, 0.1) is 0 Å². The highest BCUT2D eigenvalue weighted by Gasteiger charge is 2.31. The van der Waals surface area contributed by atoms with Gasteiger partial charge in [-0.05, 0) is 43.2 Å². The van der Waals surface area contributed by atoms with Crippen molar-refractivity contribution in [3.63, 3.8) is 0 Å². The molecule has 0 radical (unpaired) electrons. The third-order valence-electron chi connectivity index (χ3n) is 5.39. The Kier molecular flexibility index (Phi) is 10.7. The Morgan fingerprint density at radius 3 is 2.31 bits per heavy atom. The van der Waals surface area contributed by atoms with E-state index in [1.165, 1.54) is 31.3 Å². The highest BCUT2D eigenvalue weighted by atomic mass is 35.5. The first-order chi connectivity index (χ1) is 16.9. The van der Waals surface area contributed by atoms with Crippen LogP contribution in [0.2, 0.25) is 10.0 Å². The minimum atomic E-state index is -3.92. The molecule has 0 saturated heterocycles. The van der Waals surface area contributed by atoms with Gasteiger partial charge in [0, 0.05) is 19.2 Å². The van der Waals surface area contributed by atoms with Gasteiger partial charge in [0.25, 0.3) is 0 Å². The Labute approximate surface area is 222 Å². The van der Waals surface area contributed by atoms with E-state index in [0.717, 1.165) is 17.0 Å². The van der Waals surface area contributed by atoms with Crippen LogP contribution in [-0.4, -0.2) is 64.7 Å². The summed E-state index contributed by atoms with van der Waals surface area (Å²) in [6.45, 7) is 3.38. The zero-order chi connectivity index (χ0) is 27.0. The molecule has 1 N–H and O–H groups in total. The van der Waals surface area contributed by atoms with Gasteiger partial charge < -0.3 is 19.7 Å². The summed E-state index contributed by atoms with van der Waals surface area (Å²) in [6, 6.07) is 8.56. The maximum atomic E-state index is 13.6. The lowest BCUT2D eigenvalue weighted by Crippen LogP contribution is -2.51. The summed E-state index contributed by atoms with van der Waals surface area (Å²) in [7, 11) is -1.06. The second-order valence-electron chi connectivity index (χ2n) is 8.04. The van der Waals surface area contributed by atoms with Crippen LogP contribution >= 0.6 is 23.2 Å². The van der Waals surface area contributed by atoms with Crippen molar-refractivity contribution in [2.45, 2.75) is 32.9 Å². The van der Waals surface area contributed by atoms with Gasteiger partial charge in [0.05, 0.1) is 36.2 Å². The first-order valence-electron chi connectivity index (χ1n) is 11.1. The summed E-state index contributed by atoms with van der Waals surface area (Å²) in [6.07, 6.45) is 1.71. The number of nitrogens with one attached hydrogen (secondary N) is 1. The lowest BCUT2D eigenvalue weighted by atomic mass is 10.1. The van der Waals surface area contributed by atoms with Gasteiger partial charge in [-0.25, -0.2) is 8.42 Å². The molecule has 36 heavy (non-hydrogen) atoms. The highest BCUT2D eigenvalue weighted by Crippen LogP contribution is 2.34. The maximum Gasteiger partial charge on any atom is 0.244 e. The number of carbonyl (C=O) groups is 2. The number of anilines is 1. The van der Waals surface area contributed by atoms with Crippen LogP contribution in [0.25, 0.3) is 0 Å². The van der Waals surface area contributed by atoms with Crippen molar-refractivity contribution in [2.24, 2.45) is 0 Å². The fourth-order valence-corrected chi connectivity index (χ4v) is 4.57. The summed E-state index contributed by atoms with van der Waals surface area (Å²) in [4.78, 5) is 27.7. The maximum absolute atomic E-state index is 13.6. The molecule has 198 valence electrons. The van der Waals surface area contributed by atoms with Crippen LogP contribution in [0.1, 0.15) is 25.8 Å². The predicted molar refractivity (Wildman–Crippen MR) is 142 cm³/mol. The molecule has 9 nitrogen and oxygen atoms in total. The van der Waals surface area contributed by atoms with Crippen LogP contribution < -0.4 is 19.1 Å². The molecule has 0 fully saturated rings. The van der Waals surface area contributed by atoms with E-state index < -0.39 is 28.5 Å². The Morgan fingerprint density at radius 1 is 1.06 bits per heavy atom. The molecule has 1 atom stereocenters. The Balaban J connectivity index is 2.46. The topological polar surface area (TPSA) is 105 Å². The van der Waals surface area contributed by atoms with E-state index in [-0.39, 0.29) is 23.9 Å². The first kappa shape index (κ1) is 29.5. The number of nitrogens with zero attached hydrogens (tertiary/aromatic N) is 2. The van der Waals surface area contributed by atoms with Crippen molar-refractivity contribution in [3.05, 3.63) is 52.0 Å². The molecular weight excluding hydrogens is 529 g/mol. The van der Waals surface area contributed by atoms with Crippen molar-refractivity contribution in [1.29, 1.82) is 0 Å². The third-order valence-corrected chi connectivity index (χ3v) is 7.25. The average Bonchev–Trinajstić information content (AvgIpc) is 2.84. The minimum Gasteiger partial charge on any atom is -0.497 e. The van der Waals surface area contributed by atoms with Gasteiger partial charge in [0.15, 0.2) is 0 Å². The standard InChI is InChI=1S/C24H31Cl2N3O6S/c1-6-11-27-24(31)16(2)28(14-17-7-9-19(25)20(26)12-17)23(30)15-29(36(5,32)33)21-10-8-18(34-3)13-22(21)35-4/h7-10,12-13,16H,6,11,14-15H2,1-5H3,(H,27,31). The molecule has 0 bridgehead atoms. The van der Waals surface area contributed by atoms with Crippen LogP contribution in [0.4, 0.5) is 5.69 Å². The predicted octanol–water partition coefficient (Wildman–Crippen LogP) is 3.72. The molecular formula is C24H31Cl2N3O6S. The van der Waals surface area contributed by atoms with Gasteiger partial charge >= 0.3 is 0 Å². The van der Waals surface area contributed by atoms with E-state index in [4.69, 9.17) is 32.7 Å². The highest BCUT2D eigenvalue weighted by molar-refractivity contribution is 7.92. The molecule has 0 heterocycles. The summed E-state index contributed by atoms with van der Waals surface area (Å²) < 4.78 is 37.0. The minimum absolute atomic E-state index is 0.00772. The largest absolute Gasteiger partial charge is 0.497 e. The average molecular weight is 561 g/mol. The number of amides is 2. The lowest BCUT2D eigenvalue weighted by molar-refractivity contribution is -0.139. The van der Waals surface area contributed by atoms with Crippen molar-refractivity contribution in [3.8, 4) is 11.5 Å². The van der Waals surface area contributed by atoms with E-state index >= 15 is 0 Å². The molecule has 0 saturated carbocycles. The number of hydrogen-bond donors (Lipinski definition) is 1. The first-order valence-corrected chi connectivity index (χ1v) is 13.7. The van der Waals surface area contributed by atoms with Gasteiger partial charge in [-0.2, -0.15) is 0 Å². The Bertz CT molecular complexity index is 1190. The lowest BCUT2D eigenvalue weighted by Gasteiger charge is -2.32. The van der Waals surface area contributed by atoms with E-state index in [1.54, 1.807) is 31.2 Å². The van der Waals surface area contributed by atoms with Crippen molar-refractivity contribution in [1.82, 2.24) is 10.2 Å². The normalized spacial score (nSPS) is 12.0. The van der Waals surface area contributed by atoms with E-state index in [2.05, 4.69) is 5.32 Å². The summed E-state index contributed by atoms with van der Waals surface area (Å²) >= 11 is 12.2. The number of hydrogen-bond acceptors (Lipinski definition) is 6. The Morgan fingerprint density at radius 2 is 1.75 bits per heavy atom. The number of benzene rings is 2.